The maximum atomic E-state index is 12.7. The molecule has 0 fully saturated rings. The summed E-state index contributed by atoms with van der Waals surface area (Å²) < 4.78 is 10.2. The molecule has 0 radical (unpaired) electrons. The summed E-state index contributed by atoms with van der Waals surface area (Å²) in [4.78, 5) is 36.6. The minimum atomic E-state index is -0.501. The summed E-state index contributed by atoms with van der Waals surface area (Å²) in [5.74, 6) is 0.269. The number of ether oxygens (including phenoxy) is 2. The number of rotatable bonds is 6. The van der Waals surface area contributed by atoms with Crippen molar-refractivity contribution in [2.75, 3.05) is 26.1 Å². The molecule has 1 aliphatic heterocycles. The molecule has 0 amide bonds. The number of fused-ring (bicyclic) bond motifs is 2. The molecule has 0 bridgehead atoms. The molecule has 2 aliphatic rings. The van der Waals surface area contributed by atoms with Crippen molar-refractivity contribution in [3.05, 3.63) is 53.8 Å². The number of esters is 1. The highest BCUT2D eigenvalue weighted by atomic mass is 16.5. The van der Waals surface area contributed by atoms with Crippen LogP contribution >= 0.6 is 0 Å². The zero-order chi connectivity index (χ0) is 21.3. The molecule has 1 aromatic heterocycles. The van der Waals surface area contributed by atoms with Crippen LogP contribution in [0.2, 0.25) is 0 Å². The van der Waals surface area contributed by atoms with Gasteiger partial charge in [0.15, 0.2) is 5.78 Å². The van der Waals surface area contributed by atoms with Crippen LogP contribution in [0.3, 0.4) is 0 Å². The van der Waals surface area contributed by atoms with Crippen molar-refractivity contribution in [3.8, 4) is 5.75 Å². The smallest absolute Gasteiger partial charge is 0.340 e. The third-order valence-electron chi connectivity index (χ3n) is 5.37. The number of nitrogens with one attached hydrogen (secondary N) is 2. The SMILES string of the molecule is COC(=O)c1ccc(OC)c2[nH]c(NCC(=O)C3=NC=C4C=CC=CC4(C)C3)nc12. The Kier molecular flexibility index (Phi) is 4.99. The van der Waals surface area contributed by atoms with E-state index in [0.717, 1.165) is 5.57 Å². The van der Waals surface area contributed by atoms with Gasteiger partial charge in [-0.2, -0.15) is 0 Å². The van der Waals surface area contributed by atoms with Crippen LogP contribution in [-0.4, -0.2) is 48.2 Å². The summed E-state index contributed by atoms with van der Waals surface area (Å²) in [5, 5.41) is 2.99. The van der Waals surface area contributed by atoms with Crippen LogP contribution in [0.25, 0.3) is 11.0 Å². The number of aliphatic imine (C=N–C) groups is 1. The third-order valence-corrected chi connectivity index (χ3v) is 5.37. The molecule has 2 N–H and O–H groups in total. The number of allylic oxidation sites excluding steroid dienone is 5. The molecule has 4 rings (SSSR count). The van der Waals surface area contributed by atoms with E-state index in [1.165, 1.54) is 14.2 Å². The van der Waals surface area contributed by atoms with E-state index in [-0.39, 0.29) is 17.7 Å². The summed E-state index contributed by atoms with van der Waals surface area (Å²) >= 11 is 0. The second-order valence-corrected chi connectivity index (χ2v) is 7.37. The van der Waals surface area contributed by atoms with Gasteiger partial charge in [0.1, 0.15) is 16.8 Å². The number of ketones is 1. The fraction of sp³-hybridized carbons (Fsp3) is 0.273. The number of aromatic amines is 1. The molecule has 2 aromatic rings. The van der Waals surface area contributed by atoms with E-state index in [4.69, 9.17) is 9.47 Å². The summed E-state index contributed by atoms with van der Waals surface area (Å²) in [7, 11) is 2.84. The van der Waals surface area contributed by atoms with Gasteiger partial charge in [-0.05, 0) is 17.7 Å². The molecule has 1 unspecified atom stereocenters. The van der Waals surface area contributed by atoms with Gasteiger partial charge < -0.3 is 19.8 Å². The van der Waals surface area contributed by atoms with E-state index >= 15 is 0 Å². The van der Waals surface area contributed by atoms with Crippen LogP contribution in [0.5, 0.6) is 5.75 Å². The highest BCUT2D eigenvalue weighted by molar-refractivity contribution is 6.41. The predicted octanol–water partition coefficient (Wildman–Crippen LogP) is 3.20. The number of methoxy groups -OCH3 is 2. The normalized spacial score (nSPS) is 19.7. The van der Waals surface area contributed by atoms with Crippen molar-refractivity contribution >= 4 is 34.4 Å². The maximum Gasteiger partial charge on any atom is 0.340 e. The molecule has 1 aromatic carbocycles. The fourth-order valence-electron chi connectivity index (χ4n) is 3.64. The maximum absolute atomic E-state index is 12.7. The Morgan fingerprint density at radius 2 is 2.10 bits per heavy atom. The van der Waals surface area contributed by atoms with Crippen LogP contribution in [0.4, 0.5) is 5.95 Å². The molecule has 0 spiro atoms. The molecule has 2 heterocycles. The Balaban J connectivity index is 1.54. The van der Waals surface area contributed by atoms with Crippen LogP contribution in [0, 0.1) is 5.41 Å². The number of Topliss-reactive ketones (excluding diaryl/α,β-unsaturated/α-hetero) is 1. The monoisotopic (exact) mass is 406 g/mol. The highest BCUT2D eigenvalue weighted by Crippen LogP contribution is 2.39. The minimum Gasteiger partial charge on any atom is -0.494 e. The molecule has 30 heavy (non-hydrogen) atoms. The zero-order valence-corrected chi connectivity index (χ0v) is 17.0. The molecule has 0 saturated carbocycles. The molecule has 0 saturated heterocycles. The van der Waals surface area contributed by atoms with Crippen molar-refractivity contribution in [2.24, 2.45) is 10.4 Å². The van der Waals surface area contributed by atoms with E-state index in [2.05, 4.69) is 33.3 Å². The van der Waals surface area contributed by atoms with Crippen LogP contribution in [0.1, 0.15) is 23.7 Å². The first kappa shape index (κ1) is 19.6. The number of carbonyl (C=O) groups excluding carboxylic acids is 2. The van der Waals surface area contributed by atoms with Crippen molar-refractivity contribution in [2.45, 2.75) is 13.3 Å². The van der Waals surface area contributed by atoms with Crippen molar-refractivity contribution in [1.82, 2.24) is 9.97 Å². The van der Waals surface area contributed by atoms with Gasteiger partial charge in [0.05, 0.1) is 32.0 Å². The topological polar surface area (TPSA) is 106 Å². The van der Waals surface area contributed by atoms with E-state index < -0.39 is 5.97 Å². The first-order chi connectivity index (χ1) is 14.4. The first-order valence-corrected chi connectivity index (χ1v) is 9.50. The van der Waals surface area contributed by atoms with E-state index in [0.29, 0.717) is 40.4 Å². The summed E-state index contributed by atoms with van der Waals surface area (Å²) in [5.41, 5.74) is 2.65. The number of carbonyl (C=O) groups is 2. The van der Waals surface area contributed by atoms with Gasteiger partial charge in [-0.3, -0.25) is 9.79 Å². The number of benzene rings is 1. The summed E-state index contributed by atoms with van der Waals surface area (Å²) in [6.45, 7) is 2.11. The second kappa shape index (κ2) is 7.62. The largest absolute Gasteiger partial charge is 0.494 e. The lowest BCUT2D eigenvalue weighted by Crippen LogP contribution is -2.32. The minimum absolute atomic E-state index is 0.0212. The molecule has 154 valence electrons. The lowest BCUT2D eigenvalue weighted by molar-refractivity contribution is -0.111. The van der Waals surface area contributed by atoms with Gasteiger partial charge >= 0.3 is 5.97 Å². The van der Waals surface area contributed by atoms with Gasteiger partial charge in [-0.1, -0.05) is 31.2 Å². The van der Waals surface area contributed by atoms with E-state index in [9.17, 15) is 9.59 Å². The Labute approximate surface area is 173 Å². The van der Waals surface area contributed by atoms with Gasteiger partial charge in [-0.25, -0.2) is 9.78 Å². The Bertz CT molecular complexity index is 1160. The number of hydrogen-bond donors (Lipinski definition) is 2. The van der Waals surface area contributed by atoms with Crippen molar-refractivity contribution in [3.63, 3.8) is 0 Å². The summed E-state index contributed by atoms with van der Waals surface area (Å²) in [6.07, 6.45) is 10.4. The van der Waals surface area contributed by atoms with E-state index in [1.54, 1.807) is 18.3 Å². The number of anilines is 1. The van der Waals surface area contributed by atoms with Crippen molar-refractivity contribution in [1.29, 1.82) is 0 Å². The number of hydrogen-bond acceptors (Lipinski definition) is 7. The second-order valence-electron chi connectivity index (χ2n) is 7.37. The standard InChI is InChI=1S/C22H22N4O4/c1-22-9-5-4-6-13(22)11-23-15(10-22)16(27)12-24-21-25-18-14(20(28)30-3)7-8-17(29-2)19(18)26-21/h4-9,11H,10,12H2,1-3H3,(H2,24,25,26). The average molecular weight is 406 g/mol. The molecule has 8 nitrogen and oxygen atoms in total. The van der Waals surface area contributed by atoms with Gasteiger partial charge in [0.2, 0.25) is 5.95 Å². The van der Waals surface area contributed by atoms with Crippen LogP contribution in [-0.2, 0) is 9.53 Å². The Morgan fingerprint density at radius 3 is 2.87 bits per heavy atom. The molecule has 1 atom stereocenters. The highest BCUT2D eigenvalue weighted by Gasteiger charge is 2.32. The number of H-pyrrole nitrogens is 1. The van der Waals surface area contributed by atoms with E-state index in [1.807, 2.05) is 18.2 Å². The quantitative estimate of drug-likeness (QED) is 0.714. The zero-order valence-electron chi connectivity index (χ0n) is 17.0. The lowest BCUT2D eigenvalue weighted by Gasteiger charge is -2.32. The third kappa shape index (κ3) is 3.41. The summed E-state index contributed by atoms with van der Waals surface area (Å²) in [6, 6.07) is 3.26. The van der Waals surface area contributed by atoms with Gasteiger partial charge in [0, 0.05) is 18.0 Å². The first-order valence-electron chi connectivity index (χ1n) is 9.50. The van der Waals surface area contributed by atoms with Crippen LogP contribution < -0.4 is 10.1 Å². The predicted molar refractivity (Wildman–Crippen MR) is 114 cm³/mol. The van der Waals surface area contributed by atoms with Gasteiger partial charge in [-0.15, -0.1) is 0 Å². The molecule has 1 aliphatic carbocycles. The molecular weight excluding hydrogens is 384 g/mol. The number of imidazole rings is 1. The van der Waals surface area contributed by atoms with Crippen LogP contribution in [0.15, 0.2) is 53.2 Å². The van der Waals surface area contributed by atoms with Gasteiger partial charge in [0.25, 0.3) is 0 Å². The Morgan fingerprint density at radius 1 is 1.27 bits per heavy atom. The lowest BCUT2D eigenvalue weighted by atomic mass is 9.74. The molecule has 8 heteroatoms. The number of aromatic nitrogens is 2. The number of nitrogens with zero attached hydrogens (tertiary/aromatic N) is 2. The fourth-order valence-corrected chi connectivity index (χ4v) is 3.64. The average Bonchev–Trinajstić information content (AvgIpc) is 3.19. The Hall–Kier alpha value is -3.68. The molecular formula is C22H22N4O4. The van der Waals surface area contributed by atoms with Crippen molar-refractivity contribution < 1.29 is 19.1 Å².